The van der Waals surface area contributed by atoms with Gasteiger partial charge >= 0.3 is 0 Å². The summed E-state index contributed by atoms with van der Waals surface area (Å²) in [6, 6.07) is 7.98. The minimum Gasteiger partial charge on any atom is -0.382 e. The summed E-state index contributed by atoms with van der Waals surface area (Å²) in [5.41, 5.74) is 7.31. The first-order chi connectivity index (χ1) is 15.6. The molecule has 172 valence electrons. The number of nitrogens with zero attached hydrogens (tertiary/aromatic N) is 3. The zero-order valence-corrected chi connectivity index (χ0v) is 18.6. The number of anilines is 2. The summed E-state index contributed by atoms with van der Waals surface area (Å²) < 4.78 is 18.9. The fourth-order valence-electron chi connectivity index (χ4n) is 2.91. The van der Waals surface area contributed by atoms with E-state index in [1.807, 2.05) is 20.8 Å². The van der Waals surface area contributed by atoms with Crippen LogP contribution < -0.4 is 16.4 Å². The molecule has 10 heteroatoms. The van der Waals surface area contributed by atoms with Gasteiger partial charge in [-0.25, -0.2) is 14.4 Å². The number of hydrogen-bond donors (Lipinski definition) is 4. The Morgan fingerprint density at radius 3 is 2.67 bits per heavy atom. The highest BCUT2D eigenvalue weighted by Crippen LogP contribution is 2.21. The molecule has 0 fully saturated rings. The molecule has 1 aromatic carbocycles. The van der Waals surface area contributed by atoms with E-state index in [1.165, 1.54) is 24.6 Å². The second-order valence-corrected chi connectivity index (χ2v) is 8.58. The Balaban J connectivity index is 1.78. The van der Waals surface area contributed by atoms with Gasteiger partial charge in [-0.3, -0.25) is 10.2 Å². The van der Waals surface area contributed by atoms with Crippen LogP contribution in [0, 0.1) is 16.6 Å². The number of hydrogen-bond acceptors (Lipinski definition) is 8. The highest BCUT2D eigenvalue weighted by molar-refractivity contribution is 6.08. The van der Waals surface area contributed by atoms with Gasteiger partial charge in [0.1, 0.15) is 29.2 Å². The minimum atomic E-state index is -0.347. The van der Waals surface area contributed by atoms with E-state index in [9.17, 15) is 9.18 Å². The molecular weight excluding hydrogens is 425 g/mol. The lowest BCUT2D eigenvalue weighted by atomic mass is 9.92. The molecule has 0 radical (unpaired) electrons. The molecule has 1 amide bonds. The van der Waals surface area contributed by atoms with Crippen molar-refractivity contribution in [1.29, 1.82) is 5.41 Å². The van der Waals surface area contributed by atoms with Gasteiger partial charge in [-0.15, -0.1) is 0 Å². The average molecular weight is 452 g/mol. The number of carbonyl (C=O) groups excluding carboxylic acids is 1. The van der Waals surface area contributed by atoms with Crippen molar-refractivity contribution in [1.82, 2.24) is 20.4 Å². The van der Waals surface area contributed by atoms with Crippen molar-refractivity contribution in [2.45, 2.75) is 33.7 Å². The number of carbonyl (C=O) groups is 1. The first-order valence-corrected chi connectivity index (χ1v) is 10.2. The number of nitrogens with one attached hydrogen (secondary N) is 3. The number of rotatable bonds is 8. The molecule has 0 saturated heterocycles. The molecule has 3 aromatic rings. The molecular formula is C23H26FN7O2. The van der Waals surface area contributed by atoms with Crippen LogP contribution in [0.15, 0.2) is 53.4 Å². The Kier molecular flexibility index (Phi) is 7.17. The Morgan fingerprint density at radius 1 is 1.27 bits per heavy atom. The van der Waals surface area contributed by atoms with Crippen molar-refractivity contribution < 1.29 is 13.7 Å². The lowest BCUT2D eigenvalue weighted by molar-refractivity contribution is -0.117. The molecule has 33 heavy (non-hydrogen) atoms. The summed E-state index contributed by atoms with van der Waals surface area (Å²) in [7, 11) is 0. The standard InChI is InChI=1S/C23H26FN7O2/c1-23(2,3)11-20(32)29-19-13-28-22(30-21(19)26)16(25)10-18(17-8-9-33-31-17)27-12-14-6-4-5-7-15(14)24/h4-10,13,25,27H,11-12H2,1-3H3,(H,29,32)(H2,26,28,30)/b18-10-,25-16?. The Labute approximate surface area is 190 Å². The van der Waals surface area contributed by atoms with E-state index in [2.05, 4.69) is 25.8 Å². The smallest absolute Gasteiger partial charge is 0.225 e. The lowest BCUT2D eigenvalue weighted by Crippen LogP contribution is -2.21. The normalized spacial score (nSPS) is 11.8. The zero-order valence-electron chi connectivity index (χ0n) is 18.6. The van der Waals surface area contributed by atoms with Crippen molar-refractivity contribution in [2.75, 3.05) is 11.1 Å². The molecule has 0 aliphatic rings. The highest BCUT2D eigenvalue weighted by atomic mass is 19.1. The highest BCUT2D eigenvalue weighted by Gasteiger charge is 2.18. The van der Waals surface area contributed by atoms with Crippen LogP contribution in [0.4, 0.5) is 15.9 Å². The monoisotopic (exact) mass is 451 g/mol. The van der Waals surface area contributed by atoms with Gasteiger partial charge in [0.15, 0.2) is 11.6 Å². The Morgan fingerprint density at radius 2 is 2.03 bits per heavy atom. The van der Waals surface area contributed by atoms with E-state index in [0.717, 1.165) is 0 Å². The number of nitrogens with two attached hydrogens (primary N) is 1. The lowest BCUT2D eigenvalue weighted by Gasteiger charge is -2.17. The van der Waals surface area contributed by atoms with E-state index < -0.39 is 0 Å². The second kappa shape index (κ2) is 10.0. The molecule has 3 rings (SSSR count). The third-order valence-electron chi connectivity index (χ3n) is 4.45. The minimum absolute atomic E-state index is 0.0442. The maximum Gasteiger partial charge on any atom is 0.225 e. The molecule has 0 spiro atoms. The van der Waals surface area contributed by atoms with Crippen LogP contribution >= 0.6 is 0 Å². The van der Waals surface area contributed by atoms with Crippen molar-refractivity contribution >= 4 is 28.8 Å². The molecule has 0 bridgehead atoms. The molecule has 0 atom stereocenters. The first kappa shape index (κ1) is 23.6. The van der Waals surface area contributed by atoms with E-state index >= 15 is 0 Å². The van der Waals surface area contributed by atoms with Crippen molar-refractivity contribution in [2.24, 2.45) is 5.41 Å². The number of benzene rings is 1. The summed E-state index contributed by atoms with van der Waals surface area (Å²) in [6.45, 7) is 6.03. The van der Waals surface area contributed by atoms with Crippen molar-refractivity contribution in [3.63, 3.8) is 0 Å². The van der Waals surface area contributed by atoms with Crippen LogP contribution in [0.5, 0.6) is 0 Å². The van der Waals surface area contributed by atoms with Crippen LogP contribution in [0.3, 0.4) is 0 Å². The number of halogens is 1. The fraction of sp³-hybridized carbons (Fsp3) is 0.261. The zero-order chi connectivity index (χ0) is 24.0. The van der Waals surface area contributed by atoms with E-state index in [-0.39, 0.29) is 46.7 Å². The third kappa shape index (κ3) is 6.70. The number of amides is 1. The molecule has 0 saturated carbocycles. The summed E-state index contributed by atoms with van der Waals surface area (Å²) in [4.78, 5) is 20.5. The molecule has 2 aromatic heterocycles. The quantitative estimate of drug-likeness (QED) is 0.382. The van der Waals surface area contributed by atoms with Gasteiger partial charge in [-0.05, 0) is 17.6 Å². The Bertz CT molecular complexity index is 1170. The van der Waals surface area contributed by atoms with Crippen LogP contribution in [-0.2, 0) is 11.3 Å². The summed E-state index contributed by atoms with van der Waals surface area (Å²) >= 11 is 0. The van der Waals surface area contributed by atoms with Gasteiger partial charge < -0.3 is 20.9 Å². The maximum atomic E-state index is 14.0. The van der Waals surface area contributed by atoms with Crippen molar-refractivity contribution in [3.8, 4) is 0 Å². The fourth-order valence-corrected chi connectivity index (χ4v) is 2.91. The van der Waals surface area contributed by atoms with Crippen LogP contribution in [0.1, 0.15) is 44.3 Å². The van der Waals surface area contributed by atoms with E-state index in [0.29, 0.717) is 23.4 Å². The van der Waals surface area contributed by atoms with E-state index in [1.54, 1.807) is 24.3 Å². The molecule has 0 unspecified atom stereocenters. The van der Waals surface area contributed by atoms with Gasteiger partial charge in [0.05, 0.1) is 11.9 Å². The largest absolute Gasteiger partial charge is 0.382 e. The number of nitrogen functional groups attached to an aromatic ring is 1. The van der Waals surface area contributed by atoms with Crippen LogP contribution in [-0.4, -0.2) is 26.7 Å². The number of allylic oxidation sites excluding steroid dienone is 1. The topological polar surface area (TPSA) is 143 Å². The van der Waals surface area contributed by atoms with Crippen LogP contribution in [0.2, 0.25) is 0 Å². The van der Waals surface area contributed by atoms with Gasteiger partial charge in [-0.2, -0.15) is 0 Å². The van der Waals surface area contributed by atoms with Gasteiger partial charge in [0, 0.05) is 24.6 Å². The summed E-state index contributed by atoms with van der Waals surface area (Å²) in [5, 5.41) is 18.0. The maximum absolute atomic E-state index is 14.0. The molecule has 2 heterocycles. The SMILES string of the molecule is CC(C)(C)CC(=O)Nc1cnc(C(=N)/C=C(\NCc2ccccc2F)c2ccon2)nc1N. The molecule has 0 aliphatic heterocycles. The molecule has 9 nitrogen and oxygen atoms in total. The summed E-state index contributed by atoms with van der Waals surface area (Å²) in [5.74, 6) is -0.455. The predicted molar refractivity (Wildman–Crippen MR) is 124 cm³/mol. The van der Waals surface area contributed by atoms with Gasteiger partial charge in [0.25, 0.3) is 0 Å². The predicted octanol–water partition coefficient (Wildman–Crippen LogP) is 3.76. The Hall–Kier alpha value is -4.08. The summed E-state index contributed by atoms with van der Waals surface area (Å²) in [6.07, 6.45) is 4.51. The van der Waals surface area contributed by atoms with Crippen molar-refractivity contribution in [3.05, 3.63) is 71.8 Å². The van der Waals surface area contributed by atoms with E-state index in [4.69, 9.17) is 15.7 Å². The average Bonchev–Trinajstić information content (AvgIpc) is 3.27. The molecule has 5 N–H and O–H groups in total. The van der Waals surface area contributed by atoms with Crippen LogP contribution in [0.25, 0.3) is 5.70 Å². The third-order valence-corrected chi connectivity index (χ3v) is 4.45. The van der Waals surface area contributed by atoms with Gasteiger partial charge in [0.2, 0.25) is 5.91 Å². The number of aromatic nitrogens is 3. The first-order valence-electron chi connectivity index (χ1n) is 10.2. The van der Waals surface area contributed by atoms with Gasteiger partial charge in [-0.1, -0.05) is 44.1 Å². The second-order valence-electron chi connectivity index (χ2n) is 8.58. The molecule has 0 aliphatic carbocycles.